The first-order valence-corrected chi connectivity index (χ1v) is 6.56. The highest BCUT2D eigenvalue weighted by Gasteiger charge is 2.33. The van der Waals surface area contributed by atoms with Gasteiger partial charge in [0.2, 0.25) is 0 Å². The summed E-state index contributed by atoms with van der Waals surface area (Å²) in [6, 6.07) is 8.86. The van der Waals surface area contributed by atoms with Gasteiger partial charge in [-0.1, -0.05) is 29.8 Å². The Balaban J connectivity index is 2.26. The summed E-state index contributed by atoms with van der Waals surface area (Å²) in [5.74, 6) is 0. The van der Waals surface area contributed by atoms with E-state index in [-0.39, 0.29) is 5.69 Å². The lowest BCUT2D eigenvalue weighted by molar-refractivity contribution is -0.384. The minimum absolute atomic E-state index is 0.161. The number of hydrogen-bond acceptors (Lipinski definition) is 4. The van der Waals surface area contributed by atoms with Gasteiger partial charge in [-0.25, -0.2) is 0 Å². The first kappa shape index (κ1) is 16.8. The minimum Gasteiger partial charge on any atom is -0.272 e. The van der Waals surface area contributed by atoms with Crippen molar-refractivity contribution in [2.75, 3.05) is 5.43 Å². The lowest BCUT2D eigenvalue weighted by Crippen LogP contribution is -2.06. The van der Waals surface area contributed by atoms with Crippen molar-refractivity contribution in [2.45, 2.75) is 6.18 Å². The first-order valence-electron chi connectivity index (χ1n) is 6.18. The Morgan fingerprint density at radius 1 is 1.22 bits per heavy atom. The van der Waals surface area contributed by atoms with E-state index in [1.165, 1.54) is 6.21 Å². The quantitative estimate of drug-likeness (QED) is 0.496. The highest BCUT2D eigenvalue weighted by Crippen LogP contribution is 2.34. The maximum absolute atomic E-state index is 12.6. The topological polar surface area (TPSA) is 67.5 Å². The van der Waals surface area contributed by atoms with E-state index in [4.69, 9.17) is 11.6 Å². The molecule has 0 aliphatic heterocycles. The van der Waals surface area contributed by atoms with Crippen molar-refractivity contribution >= 4 is 29.2 Å². The molecular formula is C14H9ClF3N3O2. The van der Waals surface area contributed by atoms with Gasteiger partial charge in [-0.15, -0.1) is 0 Å². The second-order valence-corrected chi connectivity index (χ2v) is 4.79. The summed E-state index contributed by atoms with van der Waals surface area (Å²) in [4.78, 5) is 10.00. The van der Waals surface area contributed by atoms with Crippen LogP contribution in [-0.4, -0.2) is 11.1 Å². The molecule has 23 heavy (non-hydrogen) atoms. The number of benzene rings is 2. The molecule has 120 valence electrons. The van der Waals surface area contributed by atoms with Crippen molar-refractivity contribution in [3.05, 3.63) is 68.7 Å². The molecule has 2 aromatic carbocycles. The monoisotopic (exact) mass is 343 g/mol. The summed E-state index contributed by atoms with van der Waals surface area (Å²) in [6.45, 7) is 0. The van der Waals surface area contributed by atoms with Gasteiger partial charge in [0.05, 0.1) is 16.7 Å². The molecule has 0 atom stereocenters. The largest absolute Gasteiger partial charge is 0.416 e. The zero-order valence-electron chi connectivity index (χ0n) is 11.3. The van der Waals surface area contributed by atoms with Crippen LogP contribution < -0.4 is 5.43 Å². The average molecular weight is 344 g/mol. The molecule has 0 heterocycles. The highest BCUT2D eigenvalue weighted by atomic mass is 35.5. The summed E-state index contributed by atoms with van der Waals surface area (Å²) in [5.41, 5.74) is 0.910. The maximum Gasteiger partial charge on any atom is 0.416 e. The fourth-order valence-corrected chi connectivity index (χ4v) is 1.89. The van der Waals surface area contributed by atoms with Crippen LogP contribution >= 0.6 is 11.6 Å². The molecule has 0 saturated carbocycles. The summed E-state index contributed by atoms with van der Waals surface area (Å²) in [6.07, 6.45) is -3.35. The van der Waals surface area contributed by atoms with Crippen LogP contribution in [0.2, 0.25) is 5.02 Å². The van der Waals surface area contributed by atoms with Gasteiger partial charge in [0, 0.05) is 16.7 Å². The Kier molecular flexibility index (Phi) is 4.85. The van der Waals surface area contributed by atoms with E-state index in [0.29, 0.717) is 16.7 Å². The zero-order chi connectivity index (χ0) is 17.0. The van der Waals surface area contributed by atoms with Gasteiger partial charge in [0.25, 0.3) is 5.69 Å². The van der Waals surface area contributed by atoms with Crippen LogP contribution in [0.3, 0.4) is 0 Å². The van der Waals surface area contributed by atoms with Gasteiger partial charge in [-0.2, -0.15) is 18.3 Å². The van der Waals surface area contributed by atoms with Gasteiger partial charge in [-0.3, -0.25) is 15.5 Å². The van der Waals surface area contributed by atoms with Crippen molar-refractivity contribution in [1.82, 2.24) is 0 Å². The van der Waals surface area contributed by atoms with Crippen molar-refractivity contribution in [2.24, 2.45) is 5.10 Å². The molecule has 9 heteroatoms. The SMILES string of the molecule is O=[N+]([O-])c1cc(C(F)(F)F)ccc1N/N=C\c1ccccc1Cl. The Labute approximate surface area is 133 Å². The van der Waals surface area contributed by atoms with Crippen molar-refractivity contribution < 1.29 is 18.1 Å². The Morgan fingerprint density at radius 3 is 2.52 bits per heavy atom. The van der Waals surface area contributed by atoms with Crippen molar-refractivity contribution in [1.29, 1.82) is 0 Å². The van der Waals surface area contributed by atoms with E-state index in [2.05, 4.69) is 10.5 Å². The number of anilines is 1. The first-order chi connectivity index (χ1) is 10.8. The molecule has 2 rings (SSSR count). The van der Waals surface area contributed by atoms with Crippen molar-refractivity contribution in [3.63, 3.8) is 0 Å². The van der Waals surface area contributed by atoms with Crippen LogP contribution in [-0.2, 0) is 6.18 Å². The maximum atomic E-state index is 12.6. The van der Waals surface area contributed by atoms with Crippen LogP contribution in [0.15, 0.2) is 47.6 Å². The average Bonchev–Trinajstić information content (AvgIpc) is 2.48. The fourth-order valence-electron chi connectivity index (χ4n) is 1.70. The minimum atomic E-state index is -4.66. The number of nitro groups is 1. The van der Waals surface area contributed by atoms with Gasteiger partial charge in [0.1, 0.15) is 5.69 Å². The number of nitrogens with zero attached hydrogens (tertiary/aromatic N) is 2. The molecule has 0 spiro atoms. The normalized spacial score (nSPS) is 11.7. The molecular weight excluding hydrogens is 335 g/mol. The summed E-state index contributed by atoms with van der Waals surface area (Å²) < 4.78 is 37.8. The molecule has 0 amide bonds. The van der Waals surface area contributed by atoms with Gasteiger partial charge >= 0.3 is 6.18 Å². The lowest BCUT2D eigenvalue weighted by Gasteiger charge is -2.08. The second-order valence-electron chi connectivity index (χ2n) is 4.38. The number of alkyl halides is 3. The Bertz CT molecular complexity index is 763. The molecule has 0 fully saturated rings. The van der Waals surface area contributed by atoms with Crippen LogP contribution in [0.1, 0.15) is 11.1 Å². The molecule has 0 unspecified atom stereocenters. The molecule has 5 nitrogen and oxygen atoms in total. The van der Waals surface area contributed by atoms with E-state index >= 15 is 0 Å². The molecule has 0 aliphatic rings. The van der Waals surface area contributed by atoms with Crippen molar-refractivity contribution in [3.8, 4) is 0 Å². The number of hydrazone groups is 1. The predicted molar refractivity (Wildman–Crippen MR) is 80.8 cm³/mol. The second kappa shape index (κ2) is 6.66. The zero-order valence-corrected chi connectivity index (χ0v) is 12.1. The molecule has 2 aromatic rings. The van der Waals surface area contributed by atoms with Gasteiger partial charge in [0.15, 0.2) is 0 Å². The molecule has 0 saturated heterocycles. The molecule has 0 aromatic heterocycles. The molecule has 1 N–H and O–H groups in total. The highest BCUT2D eigenvalue weighted by molar-refractivity contribution is 6.33. The van der Waals surface area contributed by atoms with Gasteiger partial charge in [-0.05, 0) is 18.2 Å². The number of rotatable bonds is 4. The molecule has 0 radical (unpaired) electrons. The third-order valence-electron chi connectivity index (χ3n) is 2.82. The number of halogens is 4. The van der Waals surface area contributed by atoms with Crippen LogP contribution in [0.4, 0.5) is 24.5 Å². The number of nitrogens with one attached hydrogen (secondary N) is 1. The standard InChI is InChI=1S/C14H9ClF3N3O2/c15-11-4-2-1-3-9(11)8-19-20-12-6-5-10(14(16,17)18)7-13(12)21(22)23/h1-8,20H/b19-8-. The van der Waals surface area contributed by atoms with E-state index in [0.717, 1.165) is 12.1 Å². The van der Waals surface area contributed by atoms with Crippen LogP contribution in [0.5, 0.6) is 0 Å². The van der Waals surface area contributed by atoms with Crippen LogP contribution in [0, 0.1) is 10.1 Å². The predicted octanol–water partition coefficient (Wildman–Crippen LogP) is 4.71. The van der Waals surface area contributed by atoms with Gasteiger partial charge < -0.3 is 0 Å². The third-order valence-corrected chi connectivity index (χ3v) is 3.16. The van der Waals surface area contributed by atoms with E-state index in [1.54, 1.807) is 24.3 Å². The summed E-state index contributed by atoms with van der Waals surface area (Å²) in [5, 5.41) is 15.1. The number of nitro benzene ring substituents is 1. The smallest absolute Gasteiger partial charge is 0.272 e. The molecule has 0 aliphatic carbocycles. The number of hydrogen-bond donors (Lipinski definition) is 1. The third kappa shape index (κ3) is 4.19. The van der Waals surface area contributed by atoms with E-state index in [9.17, 15) is 23.3 Å². The Hall–Kier alpha value is -2.61. The summed E-state index contributed by atoms with van der Waals surface area (Å²) in [7, 11) is 0. The Morgan fingerprint density at radius 2 is 1.91 bits per heavy atom. The van der Waals surface area contributed by atoms with Crippen LogP contribution in [0.25, 0.3) is 0 Å². The fraction of sp³-hybridized carbons (Fsp3) is 0.0714. The molecule has 0 bridgehead atoms. The van der Waals surface area contributed by atoms with E-state index in [1.807, 2.05) is 0 Å². The lowest BCUT2D eigenvalue weighted by atomic mass is 10.1. The van der Waals surface area contributed by atoms with E-state index < -0.39 is 22.4 Å². The summed E-state index contributed by atoms with van der Waals surface area (Å²) >= 11 is 5.91.